The van der Waals surface area contributed by atoms with Crippen LogP contribution >= 0.6 is 0 Å². The first kappa shape index (κ1) is 12.0. The van der Waals surface area contributed by atoms with Gasteiger partial charge in [0.2, 0.25) is 0 Å². The summed E-state index contributed by atoms with van der Waals surface area (Å²) in [5.41, 5.74) is 1.58. The van der Waals surface area contributed by atoms with E-state index in [1.165, 1.54) is 18.3 Å². The Hall–Kier alpha value is -3.02. The molecule has 0 unspecified atom stereocenters. The van der Waals surface area contributed by atoms with Crippen LogP contribution in [0.3, 0.4) is 0 Å². The largest absolute Gasteiger partial charge is 0.328 e. The van der Waals surface area contributed by atoms with Crippen molar-refractivity contribution in [2.45, 2.75) is 0 Å². The summed E-state index contributed by atoms with van der Waals surface area (Å²) in [6.45, 7) is 0. The minimum absolute atomic E-state index is 0.00205. The number of H-pyrrole nitrogens is 1. The zero-order chi connectivity index (χ0) is 14.1. The highest BCUT2D eigenvalue weighted by Gasteiger charge is 2.11. The van der Waals surface area contributed by atoms with E-state index in [0.29, 0.717) is 22.0 Å². The molecule has 0 saturated carbocycles. The van der Waals surface area contributed by atoms with E-state index < -0.39 is 4.92 Å². The summed E-state index contributed by atoms with van der Waals surface area (Å²) >= 11 is 0. The minimum Gasteiger partial charge on any atom is -0.328 e. The summed E-state index contributed by atoms with van der Waals surface area (Å²) in [5, 5.41) is 11.3. The number of pyridine rings is 2. The SMILES string of the molecule is O=c1[nH]cc(-c2cccc([N+](=O)[O-])c2)c2ncccc12. The summed E-state index contributed by atoms with van der Waals surface area (Å²) in [5.74, 6) is 0. The second-order valence-corrected chi connectivity index (χ2v) is 4.24. The van der Waals surface area contributed by atoms with Gasteiger partial charge in [-0.15, -0.1) is 0 Å². The Kier molecular flexibility index (Phi) is 2.76. The minimum atomic E-state index is -0.454. The summed E-state index contributed by atoms with van der Waals surface area (Å²) in [6, 6.07) is 9.57. The Morgan fingerprint density at radius 1 is 1.20 bits per heavy atom. The molecule has 1 N–H and O–H groups in total. The number of hydrogen-bond acceptors (Lipinski definition) is 4. The van der Waals surface area contributed by atoms with Gasteiger partial charge in [-0.25, -0.2) is 0 Å². The first-order chi connectivity index (χ1) is 9.66. The van der Waals surface area contributed by atoms with Gasteiger partial charge in [0.1, 0.15) is 0 Å². The molecule has 0 saturated heterocycles. The quantitative estimate of drug-likeness (QED) is 0.570. The average molecular weight is 267 g/mol. The van der Waals surface area contributed by atoms with Crippen molar-refractivity contribution in [3.8, 4) is 11.1 Å². The molecule has 0 spiro atoms. The standard InChI is InChI=1S/C14H9N3O3/c18-14-11-5-2-6-15-13(11)12(8-16-14)9-3-1-4-10(7-9)17(19)20/h1-8H,(H,16,18). The maximum absolute atomic E-state index is 11.7. The van der Waals surface area contributed by atoms with Gasteiger partial charge in [0.25, 0.3) is 11.2 Å². The third-order valence-corrected chi connectivity index (χ3v) is 3.02. The molecule has 0 radical (unpaired) electrons. The van der Waals surface area contributed by atoms with Crippen molar-refractivity contribution in [3.05, 3.63) is 69.3 Å². The lowest BCUT2D eigenvalue weighted by Crippen LogP contribution is -2.06. The molecule has 0 aliphatic heterocycles. The predicted molar refractivity (Wildman–Crippen MR) is 74.5 cm³/mol. The molecule has 6 nitrogen and oxygen atoms in total. The number of nitrogens with one attached hydrogen (secondary N) is 1. The molecule has 0 aliphatic rings. The highest BCUT2D eigenvalue weighted by atomic mass is 16.6. The molecule has 6 heteroatoms. The molecular formula is C14H9N3O3. The van der Waals surface area contributed by atoms with Crippen LogP contribution in [0.5, 0.6) is 0 Å². The van der Waals surface area contributed by atoms with E-state index >= 15 is 0 Å². The third-order valence-electron chi connectivity index (χ3n) is 3.02. The van der Waals surface area contributed by atoms with Gasteiger partial charge >= 0.3 is 0 Å². The zero-order valence-electron chi connectivity index (χ0n) is 10.2. The van der Waals surface area contributed by atoms with Crippen molar-refractivity contribution in [1.29, 1.82) is 0 Å². The van der Waals surface area contributed by atoms with Crippen LogP contribution < -0.4 is 5.56 Å². The van der Waals surface area contributed by atoms with Crippen molar-refractivity contribution >= 4 is 16.6 Å². The fourth-order valence-electron chi connectivity index (χ4n) is 2.09. The van der Waals surface area contributed by atoms with Crippen molar-refractivity contribution in [3.63, 3.8) is 0 Å². The Morgan fingerprint density at radius 2 is 2.05 bits per heavy atom. The number of aromatic amines is 1. The Labute approximate surface area is 112 Å². The van der Waals surface area contributed by atoms with Gasteiger partial charge in [0.15, 0.2) is 0 Å². The Morgan fingerprint density at radius 3 is 2.85 bits per heavy atom. The van der Waals surface area contributed by atoms with Gasteiger partial charge in [0, 0.05) is 30.1 Å². The first-order valence-electron chi connectivity index (χ1n) is 5.88. The van der Waals surface area contributed by atoms with Crippen LogP contribution in [-0.4, -0.2) is 14.9 Å². The number of nitro groups is 1. The van der Waals surface area contributed by atoms with Crippen molar-refractivity contribution in [1.82, 2.24) is 9.97 Å². The number of nitrogens with zero attached hydrogens (tertiary/aromatic N) is 2. The fourth-order valence-corrected chi connectivity index (χ4v) is 2.09. The second kappa shape index (κ2) is 4.58. The van der Waals surface area contributed by atoms with E-state index in [4.69, 9.17) is 0 Å². The van der Waals surface area contributed by atoms with Crippen molar-refractivity contribution in [2.75, 3.05) is 0 Å². The lowest BCUT2D eigenvalue weighted by Gasteiger charge is -2.05. The van der Waals surface area contributed by atoms with Crippen LogP contribution in [0.4, 0.5) is 5.69 Å². The first-order valence-corrected chi connectivity index (χ1v) is 5.88. The molecule has 3 aromatic rings. The van der Waals surface area contributed by atoms with Gasteiger partial charge in [-0.1, -0.05) is 12.1 Å². The monoisotopic (exact) mass is 267 g/mol. The van der Waals surface area contributed by atoms with Gasteiger partial charge in [0.05, 0.1) is 15.8 Å². The average Bonchev–Trinajstić information content (AvgIpc) is 2.48. The van der Waals surface area contributed by atoms with Crippen LogP contribution in [0.2, 0.25) is 0 Å². The molecule has 2 heterocycles. The molecule has 0 fully saturated rings. The van der Waals surface area contributed by atoms with Crippen molar-refractivity contribution in [2.24, 2.45) is 0 Å². The van der Waals surface area contributed by atoms with E-state index in [1.54, 1.807) is 30.5 Å². The molecule has 0 atom stereocenters. The molecule has 1 aromatic carbocycles. The van der Waals surface area contributed by atoms with E-state index in [1.807, 2.05) is 0 Å². The lowest BCUT2D eigenvalue weighted by atomic mass is 10.0. The van der Waals surface area contributed by atoms with Crippen LogP contribution in [0.15, 0.2) is 53.6 Å². The molecule has 0 bridgehead atoms. The van der Waals surface area contributed by atoms with Crippen LogP contribution in [0, 0.1) is 10.1 Å². The predicted octanol–water partition coefficient (Wildman–Crippen LogP) is 2.50. The normalized spacial score (nSPS) is 10.6. The molecule has 0 aliphatic carbocycles. The van der Waals surface area contributed by atoms with Crippen LogP contribution in [-0.2, 0) is 0 Å². The van der Waals surface area contributed by atoms with Gasteiger partial charge in [-0.05, 0) is 17.7 Å². The highest BCUT2D eigenvalue weighted by molar-refractivity contribution is 5.92. The summed E-state index contributed by atoms with van der Waals surface area (Å²) in [7, 11) is 0. The number of rotatable bonds is 2. The van der Waals surface area contributed by atoms with Gasteiger partial charge in [-0.2, -0.15) is 0 Å². The fraction of sp³-hybridized carbons (Fsp3) is 0. The molecule has 98 valence electrons. The number of fused-ring (bicyclic) bond motifs is 1. The van der Waals surface area contributed by atoms with Crippen molar-refractivity contribution < 1.29 is 4.92 Å². The van der Waals surface area contributed by atoms with Gasteiger partial charge in [-0.3, -0.25) is 19.9 Å². The number of hydrogen-bond donors (Lipinski definition) is 1. The summed E-state index contributed by atoms with van der Waals surface area (Å²) in [4.78, 5) is 28.9. The van der Waals surface area contributed by atoms with E-state index in [9.17, 15) is 14.9 Å². The van der Waals surface area contributed by atoms with E-state index in [0.717, 1.165) is 0 Å². The van der Waals surface area contributed by atoms with E-state index in [-0.39, 0.29) is 11.2 Å². The third kappa shape index (κ3) is 1.93. The topological polar surface area (TPSA) is 88.9 Å². The summed E-state index contributed by atoms with van der Waals surface area (Å²) in [6.07, 6.45) is 3.11. The molecule has 0 amide bonds. The van der Waals surface area contributed by atoms with Crippen LogP contribution in [0.25, 0.3) is 22.0 Å². The molecular weight excluding hydrogens is 258 g/mol. The highest BCUT2D eigenvalue weighted by Crippen LogP contribution is 2.27. The number of non-ortho nitro benzene ring substituents is 1. The zero-order valence-corrected chi connectivity index (χ0v) is 10.2. The number of nitro benzene ring substituents is 1. The van der Waals surface area contributed by atoms with E-state index in [2.05, 4.69) is 9.97 Å². The smallest absolute Gasteiger partial charge is 0.270 e. The Bertz CT molecular complexity index is 871. The summed E-state index contributed by atoms with van der Waals surface area (Å²) < 4.78 is 0. The lowest BCUT2D eigenvalue weighted by molar-refractivity contribution is -0.384. The molecule has 2 aromatic heterocycles. The maximum Gasteiger partial charge on any atom is 0.270 e. The molecule has 20 heavy (non-hydrogen) atoms. The second-order valence-electron chi connectivity index (χ2n) is 4.24. The molecule has 3 rings (SSSR count). The maximum atomic E-state index is 11.7. The number of aromatic nitrogens is 2. The van der Waals surface area contributed by atoms with Gasteiger partial charge < -0.3 is 4.98 Å². The van der Waals surface area contributed by atoms with Crippen LogP contribution in [0.1, 0.15) is 0 Å². The Balaban J connectivity index is 2.30. The number of benzene rings is 1.